The summed E-state index contributed by atoms with van der Waals surface area (Å²) in [4.78, 5) is 4.31. The van der Waals surface area contributed by atoms with Gasteiger partial charge in [-0.15, -0.1) is 0 Å². The van der Waals surface area contributed by atoms with E-state index in [-0.39, 0.29) is 11.9 Å². The van der Waals surface area contributed by atoms with Gasteiger partial charge in [-0.25, -0.2) is 9.37 Å². The molecule has 0 saturated heterocycles. The summed E-state index contributed by atoms with van der Waals surface area (Å²) in [5.74, 6) is 0.995. The van der Waals surface area contributed by atoms with Gasteiger partial charge in [0.2, 0.25) is 5.95 Å². The Morgan fingerprint density at radius 1 is 1.56 bits per heavy atom. The molecule has 0 bridgehead atoms. The highest BCUT2D eigenvalue weighted by Gasteiger charge is 2.26. The molecule has 1 aromatic carbocycles. The molecular formula is C13H15BrFN3. The normalized spacial score (nSPS) is 17.3. The van der Waals surface area contributed by atoms with Crippen LogP contribution in [0.2, 0.25) is 0 Å². The molecule has 96 valence electrons. The van der Waals surface area contributed by atoms with Crippen molar-refractivity contribution in [1.82, 2.24) is 9.55 Å². The third-order valence-corrected chi connectivity index (χ3v) is 4.18. The predicted molar refractivity (Wildman–Crippen MR) is 73.9 cm³/mol. The fourth-order valence-electron chi connectivity index (χ4n) is 2.51. The van der Waals surface area contributed by atoms with E-state index in [2.05, 4.69) is 27.8 Å². The van der Waals surface area contributed by atoms with Crippen LogP contribution in [0.4, 0.5) is 10.3 Å². The second-order valence-electron chi connectivity index (χ2n) is 5.12. The molecule has 2 N–H and O–H groups in total. The molecule has 5 heteroatoms. The van der Waals surface area contributed by atoms with Gasteiger partial charge in [-0.05, 0) is 41.3 Å². The minimum Gasteiger partial charge on any atom is -0.369 e. The summed E-state index contributed by atoms with van der Waals surface area (Å²) >= 11 is 3.17. The van der Waals surface area contributed by atoms with Gasteiger partial charge in [0.25, 0.3) is 0 Å². The SMILES string of the molecule is CC(CC1CC1)n1c(N)nc2cc(Br)c(F)cc21. The number of nitrogens with two attached hydrogens (primary N) is 1. The van der Waals surface area contributed by atoms with Crippen molar-refractivity contribution in [2.45, 2.75) is 32.2 Å². The molecule has 1 aromatic heterocycles. The zero-order chi connectivity index (χ0) is 12.9. The van der Waals surface area contributed by atoms with Gasteiger partial charge in [0.05, 0.1) is 15.5 Å². The first-order chi connectivity index (χ1) is 8.56. The van der Waals surface area contributed by atoms with E-state index in [1.807, 2.05) is 4.57 Å². The molecule has 1 saturated carbocycles. The van der Waals surface area contributed by atoms with E-state index in [0.29, 0.717) is 10.4 Å². The predicted octanol–water partition coefficient (Wildman–Crippen LogP) is 3.88. The van der Waals surface area contributed by atoms with Crippen molar-refractivity contribution in [1.29, 1.82) is 0 Å². The van der Waals surface area contributed by atoms with Crippen molar-refractivity contribution in [3.8, 4) is 0 Å². The lowest BCUT2D eigenvalue weighted by molar-refractivity contribution is 0.492. The Morgan fingerprint density at radius 3 is 2.94 bits per heavy atom. The van der Waals surface area contributed by atoms with Crippen molar-refractivity contribution in [2.75, 3.05) is 5.73 Å². The molecule has 0 radical (unpaired) electrons. The van der Waals surface area contributed by atoms with Crippen LogP contribution in [0.25, 0.3) is 11.0 Å². The van der Waals surface area contributed by atoms with Gasteiger partial charge in [0, 0.05) is 12.1 Å². The van der Waals surface area contributed by atoms with Crippen LogP contribution in [0.15, 0.2) is 16.6 Å². The van der Waals surface area contributed by atoms with E-state index in [1.165, 1.54) is 18.9 Å². The van der Waals surface area contributed by atoms with Gasteiger partial charge in [0.1, 0.15) is 5.82 Å². The number of fused-ring (bicyclic) bond motifs is 1. The summed E-state index contributed by atoms with van der Waals surface area (Å²) in [5.41, 5.74) is 7.48. The minimum absolute atomic E-state index is 0.267. The number of hydrogen-bond acceptors (Lipinski definition) is 2. The summed E-state index contributed by atoms with van der Waals surface area (Å²) in [7, 11) is 0. The maximum atomic E-state index is 13.6. The van der Waals surface area contributed by atoms with E-state index in [1.54, 1.807) is 6.07 Å². The van der Waals surface area contributed by atoms with Crippen molar-refractivity contribution in [2.24, 2.45) is 5.92 Å². The quantitative estimate of drug-likeness (QED) is 0.934. The number of aromatic nitrogens is 2. The fraction of sp³-hybridized carbons (Fsp3) is 0.462. The topological polar surface area (TPSA) is 43.8 Å². The van der Waals surface area contributed by atoms with E-state index < -0.39 is 0 Å². The molecule has 1 atom stereocenters. The number of nitrogens with zero attached hydrogens (tertiary/aromatic N) is 2. The number of hydrogen-bond donors (Lipinski definition) is 1. The molecule has 0 spiro atoms. The van der Waals surface area contributed by atoms with Crippen molar-refractivity contribution >= 4 is 32.9 Å². The van der Waals surface area contributed by atoms with Crippen LogP contribution in [0.3, 0.4) is 0 Å². The van der Waals surface area contributed by atoms with Crippen LogP contribution in [0, 0.1) is 11.7 Å². The summed E-state index contributed by atoms with van der Waals surface area (Å²) in [6.45, 7) is 2.12. The number of halogens is 2. The lowest BCUT2D eigenvalue weighted by Gasteiger charge is -2.15. The highest BCUT2D eigenvalue weighted by molar-refractivity contribution is 9.10. The molecule has 0 amide bonds. The van der Waals surface area contributed by atoms with E-state index in [4.69, 9.17) is 5.73 Å². The van der Waals surface area contributed by atoms with Crippen LogP contribution in [-0.4, -0.2) is 9.55 Å². The second kappa shape index (κ2) is 4.23. The van der Waals surface area contributed by atoms with Gasteiger partial charge in [-0.1, -0.05) is 12.8 Å². The number of anilines is 1. The molecule has 3 nitrogen and oxygen atoms in total. The molecule has 1 fully saturated rings. The third kappa shape index (κ3) is 2.00. The zero-order valence-electron chi connectivity index (χ0n) is 10.2. The van der Waals surface area contributed by atoms with Crippen LogP contribution < -0.4 is 5.73 Å². The lowest BCUT2D eigenvalue weighted by atomic mass is 10.1. The molecule has 1 unspecified atom stereocenters. The van der Waals surface area contributed by atoms with Crippen LogP contribution in [0.1, 0.15) is 32.2 Å². The molecule has 1 aliphatic carbocycles. The van der Waals surface area contributed by atoms with E-state index in [0.717, 1.165) is 23.4 Å². The highest BCUT2D eigenvalue weighted by atomic mass is 79.9. The maximum absolute atomic E-state index is 13.6. The summed E-state index contributed by atoms with van der Waals surface area (Å²) in [6, 6.07) is 3.45. The minimum atomic E-state index is -0.276. The number of rotatable bonds is 3. The molecule has 1 heterocycles. The van der Waals surface area contributed by atoms with Crippen molar-refractivity contribution in [3.05, 3.63) is 22.4 Å². The molecular weight excluding hydrogens is 297 g/mol. The van der Waals surface area contributed by atoms with Crippen molar-refractivity contribution < 1.29 is 4.39 Å². The van der Waals surface area contributed by atoms with Crippen LogP contribution in [0.5, 0.6) is 0 Å². The maximum Gasteiger partial charge on any atom is 0.201 e. The first-order valence-corrected chi connectivity index (χ1v) is 6.98. The van der Waals surface area contributed by atoms with Crippen LogP contribution >= 0.6 is 15.9 Å². The van der Waals surface area contributed by atoms with Gasteiger partial charge < -0.3 is 10.3 Å². The van der Waals surface area contributed by atoms with Gasteiger partial charge in [-0.2, -0.15) is 0 Å². The monoisotopic (exact) mass is 311 g/mol. The first-order valence-electron chi connectivity index (χ1n) is 6.18. The first kappa shape index (κ1) is 12.0. The Balaban J connectivity index is 2.08. The average molecular weight is 312 g/mol. The Hall–Kier alpha value is -1.10. The molecule has 0 aliphatic heterocycles. The number of nitrogen functional groups attached to an aromatic ring is 1. The van der Waals surface area contributed by atoms with Gasteiger partial charge >= 0.3 is 0 Å². The highest BCUT2D eigenvalue weighted by Crippen LogP contribution is 2.38. The lowest BCUT2D eigenvalue weighted by Crippen LogP contribution is -2.09. The Bertz CT molecular complexity index is 604. The molecule has 1 aliphatic rings. The summed E-state index contributed by atoms with van der Waals surface area (Å²) < 4.78 is 16.0. The molecule has 2 aromatic rings. The smallest absolute Gasteiger partial charge is 0.201 e. The largest absolute Gasteiger partial charge is 0.369 e. The Labute approximate surface area is 113 Å². The van der Waals surface area contributed by atoms with Gasteiger partial charge in [-0.3, -0.25) is 0 Å². The Kier molecular flexibility index (Phi) is 2.81. The molecule has 18 heavy (non-hydrogen) atoms. The third-order valence-electron chi connectivity index (χ3n) is 3.57. The van der Waals surface area contributed by atoms with Crippen molar-refractivity contribution in [3.63, 3.8) is 0 Å². The summed E-state index contributed by atoms with van der Waals surface area (Å²) in [6.07, 6.45) is 3.70. The van der Waals surface area contributed by atoms with Crippen LogP contribution in [-0.2, 0) is 0 Å². The Morgan fingerprint density at radius 2 is 2.28 bits per heavy atom. The van der Waals surface area contributed by atoms with E-state index in [9.17, 15) is 4.39 Å². The second-order valence-corrected chi connectivity index (χ2v) is 5.98. The number of imidazole rings is 1. The average Bonchev–Trinajstić information content (AvgIpc) is 3.03. The van der Waals surface area contributed by atoms with E-state index >= 15 is 0 Å². The fourth-order valence-corrected chi connectivity index (χ4v) is 2.84. The standard InChI is InChI=1S/C13H15BrFN3/c1-7(4-8-2-3-8)18-12-6-10(15)9(14)5-11(12)17-13(18)16/h5-8H,2-4H2,1H3,(H2,16,17). The summed E-state index contributed by atoms with van der Waals surface area (Å²) in [5, 5.41) is 0. The number of benzene rings is 1. The molecule has 3 rings (SSSR count). The zero-order valence-corrected chi connectivity index (χ0v) is 11.7. The van der Waals surface area contributed by atoms with Gasteiger partial charge in [0.15, 0.2) is 0 Å².